The van der Waals surface area contributed by atoms with Crippen LogP contribution >= 0.6 is 11.6 Å². The standard InChI is InChI=1S/C13H14ClN3O2S/c1-17(9-6-7-20(18,19)8-9)13-11-5-3-2-4-10(11)12(14)15-16-13/h2-5,9H,6-8H2,1H3. The number of rotatable bonds is 2. The van der Waals surface area contributed by atoms with Crippen LogP contribution in [0.15, 0.2) is 24.3 Å². The zero-order valence-corrected chi connectivity index (χ0v) is 12.5. The van der Waals surface area contributed by atoms with Crippen molar-refractivity contribution in [1.29, 1.82) is 0 Å². The molecular formula is C13H14ClN3O2S. The minimum atomic E-state index is -2.93. The van der Waals surface area contributed by atoms with Gasteiger partial charge in [0.05, 0.1) is 11.5 Å². The van der Waals surface area contributed by atoms with E-state index >= 15 is 0 Å². The smallest absolute Gasteiger partial charge is 0.159 e. The molecule has 20 heavy (non-hydrogen) atoms. The molecule has 3 rings (SSSR count). The number of anilines is 1. The fourth-order valence-electron chi connectivity index (χ4n) is 2.57. The highest BCUT2D eigenvalue weighted by Crippen LogP contribution is 2.30. The molecule has 0 bridgehead atoms. The lowest BCUT2D eigenvalue weighted by Gasteiger charge is -2.25. The summed E-state index contributed by atoms with van der Waals surface area (Å²) in [7, 11) is -1.07. The largest absolute Gasteiger partial charge is 0.354 e. The molecule has 7 heteroatoms. The van der Waals surface area contributed by atoms with Crippen LogP contribution in [0.3, 0.4) is 0 Å². The van der Waals surface area contributed by atoms with E-state index in [9.17, 15) is 8.42 Å². The quantitative estimate of drug-likeness (QED) is 0.847. The van der Waals surface area contributed by atoms with Gasteiger partial charge in [-0.05, 0) is 6.42 Å². The van der Waals surface area contributed by atoms with Crippen LogP contribution in [0.1, 0.15) is 6.42 Å². The molecule has 0 radical (unpaired) electrons. The van der Waals surface area contributed by atoms with Gasteiger partial charge in [0.2, 0.25) is 0 Å². The number of hydrogen-bond donors (Lipinski definition) is 0. The van der Waals surface area contributed by atoms with E-state index in [1.165, 1.54) is 0 Å². The average molecular weight is 312 g/mol. The Hall–Kier alpha value is -1.40. The van der Waals surface area contributed by atoms with Crippen LogP contribution < -0.4 is 4.90 Å². The second-order valence-corrected chi connectivity index (χ2v) is 7.61. The second-order valence-electron chi connectivity index (χ2n) is 5.03. The van der Waals surface area contributed by atoms with Crippen LogP contribution in [0.5, 0.6) is 0 Å². The molecule has 0 spiro atoms. The number of benzene rings is 1. The lowest BCUT2D eigenvalue weighted by atomic mass is 10.1. The highest BCUT2D eigenvalue weighted by molar-refractivity contribution is 7.91. The SMILES string of the molecule is CN(c1nnc(Cl)c2ccccc12)C1CCS(=O)(=O)C1. The fourth-order valence-corrected chi connectivity index (χ4v) is 4.55. The summed E-state index contributed by atoms with van der Waals surface area (Å²) in [6, 6.07) is 7.54. The topological polar surface area (TPSA) is 63.2 Å². The first kappa shape index (κ1) is 13.6. The molecule has 1 aromatic heterocycles. The summed E-state index contributed by atoms with van der Waals surface area (Å²) in [5.41, 5.74) is 0. The fraction of sp³-hybridized carbons (Fsp3) is 0.385. The normalized spacial score (nSPS) is 21.2. The summed E-state index contributed by atoms with van der Waals surface area (Å²) in [6.07, 6.45) is 0.622. The van der Waals surface area contributed by atoms with Gasteiger partial charge in [0.15, 0.2) is 20.8 Å². The summed E-state index contributed by atoms with van der Waals surface area (Å²) in [5, 5.41) is 10.2. The third kappa shape index (κ3) is 2.33. The van der Waals surface area contributed by atoms with Crippen LogP contribution in [0.2, 0.25) is 5.15 Å². The van der Waals surface area contributed by atoms with Crippen molar-refractivity contribution in [2.75, 3.05) is 23.5 Å². The molecule has 1 saturated heterocycles. The van der Waals surface area contributed by atoms with Crippen molar-refractivity contribution in [2.24, 2.45) is 0 Å². The number of sulfone groups is 1. The van der Waals surface area contributed by atoms with E-state index in [1.54, 1.807) is 0 Å². The van der Waals surface area contributed by atoms with E-state index < -0.39 is 9.84 Å². The molecular weight excluding hydrogens is 298 g/mol. The van der Waals surface area contributed by atoms with Gasteiger partial charge in [-0.15, -0.1) is 10.2 Å². The van der Waals surface area contributed by atoms with E-state index in [0.29, 0.717) is 17.4 Å². The van der Waals surface area contributed by atoms with E-state index in [4.69, 9.17) is 11.6 Å². The Morgan fingerprint density at radius 3 is 2.60 bits per heavy atom. The molecule has 2 heterocycles. The van der Waals surface area contributed by atoms with Gasteiger partial charge in [0.1, 0.15) is 0 Å². The van der Waals surface area contributed by atoms with Gasteiger partial charge in [-0.3, -0.25) is 0 Å². The molecule has 1 unspecified atom stereocenters. The minimum Gasteiger partial charge on any atom is -0.354 e. The van der Waals surface area contributed by atoms with Crippen molar-refractivity contribution in [3.05, 3.63) is 29.4 Å². The maximum atomic E-state index is 11.6. The van der Waals surface area contributed by atoms with E-state index in [-0.39, 0.29) is 17.5 Å². The summed E-state index contributed by atoms with van der Waals surface area (Å²) in [4.78, 5) is 1.90. The van der Waals surface area contributed by atoms with Crippen LogP contribution in [0.4, 0.5) is 5.82 Å². The molecule has 0 aliphatic carbocycles. The van der Waals surface area contributed by atoms with Crippen LogP contribution in [0, 0.1) is 0 Å². The lowest BCUT2D eigenvalue weighted by molar-refractivity contribution is 0.600. The van der Waals surface area contributed by atoms with Gasteiger partial charge >= 0.3 is 0 Å². The molecule has 2 aromatic rings. The molecule has 1 aliphatic rings. The van der Waals surface area contributed by atoms with Gasteiger partial charge in [0, 0.05) is 23.9 Å². The third-order valence-electron chi connectivity index (χ3n) is 3.71. The maximum Gasteiger partial charge on any atom is 0.159 e. The number of hydrogen-bond acceptors (Lipinski definition) is 5. The van der Waals surface area contributed by atoms with Gasteiger partial charge < -0.3 is 4.90 Å². The summed E-state index contributed by atoms with van der Waals surface area (Å²) < 4.78 is 23.2. The third-order valence-corrected chi connectivity index (χ3v) is 5.74. The number of halogens is 1. The maximum absolute atomic E-state index is 11.6. The van der Waals surface area contributed by atoms with E-state index in [0.717, 1.165) is 10.8 Å². The first-order chi connectivity index (χ1) is 9.48. The average Bonchev–Trinajstić information content (AvgIpc) is 2.79. The van der Waals surface area contributed by atoms with Crippen LogP contribution in [-0.4, -0.2) is 43.2 Å². The Labute approximate surface area is 122 Å². The Kier molecular flexibility index (Phi) is 3.30. The first-order valence-electron chi connectivity index (χ1n) is 6.32. The van der Waals surface area contributed by atoms with Crippen molar-refractivity contribution in [1.82, 2.24) is 10.2 Å². The summed E-state index contributed by atoms with van der Waals surface area (Å²) >= 11 is 6.05. The van der Waals surface area contributed by atoms with Crippen LogP contribution in [-0.2, 0) is 9.84 Å². The van der Waals surface area contributed by atoms with E-state index in [2.05, 4.69) is 10.2 Å². The molecule has 106 valence electrons. The molecule has 0 saturated carbocycles. The predicted octanol–water partition coefficient (Wildman–Crippen LogP) is 1.91. The second kappa shape index (κ2) is 4.86. The van der Waals surface area contributed by atoms with Gasteiger partial charge in [-0.1, -0.05) is 35.9 Å². The zero-order chi connectivity index (χ0) is 14.3. The highest BCUT2D eigenvalue weighted by Gasteiger charge is 2.32. The Morgan fingerprint density at radius 2 is 1.95 bits per heavy atom. The van der Waals surface area contributed by atoms with Gasteiger partial charge in [-0.25, -0.2) is 8.42 Å². The zero-order valence-electron chi connectivity index (χ0n) is 11.0. The Balaban J connectivity index is 2.04. The van der Waals surface area contributed by atoms with Crippen molar-refractivity contribution in [3.8, 4) is 0 Å². The number of fused-ring (bicyclic) bond motifs is 1. The first-order valence-corrected chi connectivity index (χ1v) is 8.52. The number of nitrogens with zero attached hydrogens (tertiary/aromatic N) is 3. The molecule has 1 atom stereocenters. The number of aromatic nitrogens is 2. The summed E-state index contributed by atoms with van der Waals surface area (Å²) in [6.45, 7) is 0. The van der Waals surface area contributed by atoms with Gasteiger partial charge in [0.25, 0.3) is 0 Å². The minimum absolute atomic E-state index is 0.0566. The monoisotopic (exact) mass is 311 g/mol. The van der Waals surface area contributed by atoms with Crippen molar-refractivity contribution < 1.29 is 8.42 Å². The molecule has 5 nitrogen and oxygen atoms in total. The molecule has 1 aromatic carbocycles. The lowest BCUT2D eigenvalue weighted by Crippen LogP contribution is -2.33. The van der Waals surface area contributed by atoms with Crippen molar-refractivity contribution in [2.45, 2.75) is 12.5 Å². The van der Waals surface area contributed by atoms with Crippen molar-refractivity contribution >= 4 is 38.0 Å². The molecule has 1 fully saturated rings. The Bertz CT molecular complexity index is 763. The van der Waals surface area contributed by atoms with Gasteiger partial charge in [-0.2, -0.15) is 0 Å². The molecule has 0 amide bonds. The summed E-state index contributed by atoms with van der Waals surface area (Å²) in [5.74, 6) is 1.08. The van der Waals surface area contributed by atoms with Crippen molar-refractivity contribution in [3.63, 3.8) is 0 Å². The highest BCUT2D eigenvalue weighted by atomic mass is 35.5. The van der Waals surface area contributed by atoms with E-state index in [1.807, 2.05) is 36.2 Å². The predicted molar refractivity (Wildman–Crippen MR) is 80.0 cm³/mol. The Morgan fingerprint density at radius 1 is 1.25 bits per heavy atom. The molecule has 0 N–H and O–H groups in total. The molecule has 1 aliphatic heterocycles. The van der Waals surface area contributed by atoms with Crippen LogP contribution in [0.25, 0.3) is 10.8 Å².